The number of carbonyl (C=O) groups is 1. The molecule has 2 bridgehead atoms. The molecule has 5 rings (SSSR count). The van der Waals surface area contributed by atoms with E-state index in [2.05, 4.69) is 5.32 Å². The van der Waals surface area contributed by atoms with Gasteiger partial charge in [0.2, 0.25) is 15.9 Å². The minimum absolute atomic E-state index is 0.0321. The summed E-state index contributed by atoms with van der Waals surface area (Å²) in [7, 11) is -3.73. The SMILES string of the molecule is CS(=O)(=O)N1[C@@H]2Cn3c(ccc(-c4ccc(F)cc4)c3=O)[C@H]1[C@@H](C(=O)NCC1CC1)[C@@H]2CO. The lowest BCUT2D eigenvalue weighted by atomic mass is 9.86. The number of benzene rings is 1. The van der Waals surface area contributed by atoms with Crippen LogP contribution in [0.5, 0.6) is 0 Å². The molecule has 2 fully saturated rings. The summed E-state index contributed by atoms with van der Waals surface area (Å²) in [4.78, 5) is 26.6. The Kier molecular flexibility index (Phi) is 5.42. The summed E-state index contributed by atoms with van der Waals surface area (Å²) in [5.41, 5.74) is 1.00. The third-order valence-corrected chi connectivity index (χ3v) is 8.35. The van der Waals surface area contributed by atoms with Crippen LogP contribution >= 0.6 is 0 Å². The summed E-state index contributed by atoms with van der Waals surface area (Å²) >= 11 is 0. The average molecular weight is 476 g/mol. The van der Waals surface area contributed by atoms with Crippen molar-refractivity contribution >= 4 is 15.9 Å². The second-order valence-corrected chi connectivity index (χ2v) is 11.1. The molecule has 2 N–H and O–H groups in total. The fraction of sp³-hybridized carbons (Fsp3) is 0.478. The van der Waals surface area contributed by atoms with E-state index in [4.69, 9.17) is 0 Å². The lowest BCUT2D eigenvalue weighted by Crippen LogP contribution is -2.48. The Morgan fingerprint density at radius 2 is 1.88 bits per heavy atom. The van der Waals surface area contributed by atoms with Gasteiger partial charge in [-0.1, -0.05) is 12.1 Å². The van der Waals surface area contributed by atoms with E-state index in [1.54, 1.807) is 12.1 Å². The Hall–Kier alpha value is -2.56. The molecule has 1 saturated carbocycles. The molecule has 8 nitrogen and oxygen atoms in total. The lowest BCUT2D eigenvalue weighted by molar-refractivity contribution is -0.127. The molecule has 3 aliphatic rings. The van der Waals surface area contributed by atoms with E-state index < -0.39 is 39.8 Å². The number of nitrogens with one attached hydrogen (secondary N) is 1. The molecule has 3 heterocycles. The first-order valence-electron chi connectivity index (χ1n) is 11.1. The Labute approximate surface area is 191 Å². The number of hydrogen-bond acceptors (Lipinski definition) is 5. The molecule has 10 heteroatoms. The number of carbonyl (C=O) groups excluding carboxylic acids is 1. The molecule has 0 unspecified atom stereocenters. The summed E-state index contributed by atoms with van der Waals surface area (Å²) in [6.07, 6.45) is 3.20. The number of amides is 1. The standard InChI is InChI=1S/C23H26FN3O5S/c1-33(31,32)27-19-11-26-18(9-8-16(23(26)30)14-4-6-15(24)7-5-14)21(27)20(17(19)12-28)22(29)25-10-13-2-3-13/h4-9,13,17,19-21,28H,2-3,10-12H2,1H3,(H,25,29)/t17-,19-,20+,21+/m1/s1. The Morgan fingerprint density at radius 1 is 1.18 bits per heavy atom. The molecule has 2 aliphatic heterocycles. The van der Waals surface area contributed by atoms with Crippen molar-refractivity contribution in [3.63, 3.8) is 0 Å². The third kappa shape index (κ3) is 3.79. The quantitative estimate of drug-likeness (QED) is 0.651. The predicted octanol–water partition coefficient (Wildman–Crippen LogP) is 1.10. The van der Waals surface area contributed by atoms with Crippen molar-refractivity contribution in [3.8, 4) is 11.1 Å². The van der Waals surface area contributed by atoms with Crippen LogP contribution in [-0.2, 0) is 21.4 Å². The zero-order valence-electron chi connectivity index (χ0n) is 18.1. The second-order valence-electron chi connectivity index (χ2n) is 9.26. The number of halogens is 1. The van der Waals surface area contributed by atoms with Crippen LogP contribution < -0.4 is 10.9 Å². The molecule has 2 aromatic rings. The van der Waals surface area contributed by atoms with Gasteiger partial charge in [0.15, 0.2) is 0 Å². The normalized spacial score (nSPS) is 26.8. The highest BCUT2D eigenvalue weighted by Crippen LogP contribution is 2.49. The average Bonchev–Trinajstić information content (AvgIpc) is 3.56. The summed E-state index contributed by atoms with van der Waals surface area (Å²) in [6, 6.07) is 7.23. The molecule has 1 saturated heterocycles. The number of aliphatic hydroxyl groups excluding tert-OH is 1. The second kappa shape index (κ2) is 8.03. The molecular weight excluding hydrogens is 449 g/mol. The molecule has 0 spiro atoms. The fourth-order valence-corrected chi connectivity index (χ4v) is 6.71. The highest BCUT2D eigenvalue weighted by atomic mass is 32.2. The van der Waals surface area contributed by atoms with Gasteiger partial charge in [-0.05, 0) is 48.6 Å². The van der Waals surface area contributed by atoms with Crippen LogP contribution in [0.15, 0.2) is 41.2 Å². The first-order valence-corrected chi connectivity index (χ1v) is 12.9. The number of sulfonamides is 1. The van der Waals surface area contributed by atoms with Gasteiger partial charge < -0.3 is 15.0 Å². The largest absolute Gasteiger partial charge is 0.396 e. The maximum Gasteiger partial charge on any atom is 0.258 e. The number of fused-ring (bicyclic) bond motifs is 4. The molecule has 4 atom stereocenters. The van der Waals surface area contributed by atoms with Crippen molar-refractivity contribution in [2.75, 3.05) is 19.4 Å². The van der Waals surface area contributed by atoms with Gasteiger partial charge >= 0.3 is 0 Å². The van der Waals surface area contributed by atoms with Crippen LogP contribution in [-0.4, -0.2) is 53.8 Å². The third-order valence-electron chi connectivity index (χ3n) is 7.09. The number of hydrogen-bond donors (Lipinski definition) is 2. The van der Waals surface area contributed by atoms with E-state index >= 15 is 0 Å². The number of aliphatic hydroxyl groups is 1. The summed E-state index contributed by atoms with van der Waals surface area (Å²) in [5, 5.41) is 13.1. The van der Waals surface area contributed by atoms with E-state index in [-0.39, 0.29) is 24.6 Å². The van der Waals surface area contributed by atoms with Gasteiger partial charge in [-0.2, -0.15) is 4.31 Å². The van der Waals surface area contributed by atoms with Gasteiger partial charge in [0.05, 0.1) is 18.2 Å². The molecule has 1 aromatic carbocycles. The van der Waals surface area contributed by atoms with E-state index in [0.717, 1.165) is 19.1 Å². The van der Waals surface area contributed by atoms with Crippen LogP contribution in [0.25, 0.3) is 11.1 Å². The van der Waals surface area contributed by atoms with Crippen molar-refractivity contribution < 1.29 is 22.7 Å². The van der Waals surface area contributed by atoms with E-state index in [9.17, 15) is 27.5 Å². The van der Waals surface area contributed by atoms with Crippen LogP contribution in [0, 0.1) is 23.6 Å². The topological polar surface area (TPSA) is 109 Å². The Bertz CT molecular complexity index is 1260. The first-order chi connectivity index (χ1) is 15.7. The van der Waals surface area contributed by atoms with Gasteiger partial charge in [0.25, 0.3) is 5.56 Å². The van der Waals surface area contributed by atoms with Crippen molar-refractivity contribution in [2.24, 2.45) is 17.8 Å². The van der Waals surface area contributed by atoms with Crippen LogP contribution in [0.2, 0.25) is 0 Å². The maximum atomic E-state index is 13.4. The van der Waals surface area contributed by atoms with Crippen molar-refractivity contribution in [2.45, 2.75) is 31.5 Å². The van der Waals surface area contributed by atoms with Crippen molar-refractivity contribution in [1.29, 1.82) is 0 Å². The van der Waals surface area contributed by atoms with Crippen molar-refractivity contribution in [3.05, 3.63) is 58.3 Å². The molecule has 1 aromatic heterocycles. The number of nitrogens with zero attached hydrogens (tertiary/aromatic N) is 2. The monoisotopic (exact) mass is 475 g/mol. The van der Waals surface area contributed by atoms with Crippen LogP contribution in [0.3, 0.4) is 0 Å². The Balaban J connectivity index is 1.61. The van der Waals surface area contributed by atoms with Gasteiger partial charge in [-0.3, -0.25) is 9.59 Å². The lowest BCUT2D eigenvalue weighted by Gasteiger charge is -2.36. The molecular formula is C23H26FN3O5S. The number of pyridine rings is 1. The summed E-state index contributed by atoms with van der Waals surface area (Å²) in [5.74, 6) is -1.72. The predicted molar refractivity (Wildman–Crippen MR) is 119 cm³/mol. The number of rotatable bonds is 6. The summed E-state index contributed by atoms with van der Waals surface area (Å²) in [6.45, 7) is 0.187. The minimum atomic E-state index is -3.73. The first kappa shape index (κ1) is 22.2. The Morgan fingerprint density at radius 3 is 2.48 bits per heavy atom. The van der Waals surface area contributed by atoms with E-state index in [0.29, 0.717) is 29.3 Å². The molecule has 0 radical (unpaired) electrons. The molecule has 1 amide bonds. The van der Waals surface area contributed by atoms with E-state index in [1.165, 1.54) is 33.1 Å². The van der Waals surface area contributed by atoms with Gasteiger partial charge in [-0.25, -0.2) is 12.8 Å². The van der Waals surface area contributed by atoms with Gasteiger partial charge in [-0.15, -0.1) is 0 Å². The molecule has 176 valence electrons. The minimum Gasteiger partial charge on any atom is -0.396 e. The smallest absolute Gasteiger partial charge is 0.258 e. The van der Waals surface area contributed by atoms with Crippen molar-refractivity contribution in [1.82, 2.24) is 14.2 Å². The highest BCUT2D eigenvalue weighted by Gasteiger charge is 2.58. The van der Waals surface area contributed by atoms with Crippen LogP contribution in [0.1, 0.15) is 24.6 Å². The van der Waals surface area contributed by atoms with Gasteiger partial charge in [0.1, 0.15) is 5.82 Å². The highest BCUT2D eigenvalue weighted by molar-refractivity contribution is 7.88. The number of aromatic nitrogens is 1. The van der Waals surface area contributed by atoms with Crippen LogP contribution in [0.4, 0.5) is 4.39 Å². The molecule has 1 aliphatic carbocycles. The summed E-state index contributed by atoms with van der Waals surface area (Å²) < 4.78 is 41.7. The fourth-order valence-electron chi connectivity index (χ4n) is 5.34. The van der Waals surface area contributed by atoms with E-state index in [1.807, 2.05) is 0 Å². The molecule has 33 heavy (non-hydrogen) atoms. The zero-order chi connectivity index (χ0) is 23.5. The zero-order valence-corrected chi connectivity index (χ0v) is 19.0. The maximum absolute atomic E-state index is 13.4. The van der Waals surface area contributed by atoms with Gasteiger partial charge in [0, 0.05) is 42.9 Å².